The third kappa shape index (κ3) is 5.07. The first-order chi connectivity index (χ1) is 12.4. The van der Waals surface area contributed by atoms with E-state index >= 15 is 0 Å². The largest absolute Gasteiger partial charge is 0.367 e. The van der Waals surface area contributed by atoms with Crippen molar-refractivity contribution in [1.29, 1.82) is 5.41 Å². The van der Waals surface area contributed by atoms with Crippen molar-refractivity contribution in [2.75, 3.05) is 14.1 Å². The van der Waals surface area contributed by atoms with E-state index in [1.165, 1.54) is 12.1 Å². The van der Waals surface area contributed by atoms with Crippen molar-refractivity contribution in [2.24, 2.45) is 0 Å². The van der Waals surface area contributed by atoms with Crippen LogP contribution < -0.4 is 0 Å². The van der Waals surface area contributed by atoms with E-state index in [1.54, 1.807) is 6.92 Å². The fourth-order valence-electron chi connectivity index (χ4n) is 2.90. The van der Waals surface area contributed by atoms with Crippen LogP contribution in [0.5, 0.6) is 0 Å². The molecule has 0 fully saturated rings. The number of amidine groups is 1. The molecule has 1 atom stereocenters. The van der Waals surface area contributed by atoms with E-state index in [0.29, 0.717) is 17.8 Å². The molecule has 26 heavy (non-hydrogen) atoms. The number of allylic oxidation sites excluding steroid dienone is 1. The Balaban J connectivity index is 2.40. The van der Waals surface area contributed by atoms with E-state index in [2.05, 4.69) is 30.6 Å². The van der Waals surface area contributed by atoms with Gasteiger partial charge in [-0.3, -0.25) is 5.41 Å². The second-order valence-corrected chi connectivity index (χ2v) is 6.50. The maximum absolute atomic E-state index is 14.0. The molecule has 2 rings (SSSR count). The van der Waals surface area contributed by atoms with Crippen LogP contribution in [0.15, 0.2) is 55.1 Å². The second-order valence-electron chi connectivity index (χ2n) is 6.50. The molecule has 1 unspecified atom stereocenters. The molecule has 0 radical (unpaired) electrons. The molecule has 0 amide bonds. The van der Waals surface area contributed by atoms with Crippen molar-refractivity contribution in [2.45, 2.75) is 25.7 Å². The van der Waals surface area contributed by atoms with Gasteiger partial charge >= 0.3 is 0 Å². The topological polar surface area (TPSA) is 27.1 Å². The number of hydrogen-bond acceptors (Lipinski definition) is 1. The van der Waals surface area contributed by atoms with Gasteiger partial charge in [0.2, 0.25) is 0 Å². The van der Waals surface area contributed by atoms with Gasteiger partial charge in [0.05, 0.1) is 5.84 Å². The minimum atomic E-state index is -0.289. The fourth-order valence-corrected chi connectivity index (χ4v) is 2.90. The maximum Gasteiger partial charge on any atom is 0.125 e. The lowest BCUT2D eigenvalue weighted by atomic mass is 9.89. The van der Waals surface area contributed by atoms with Crippen LogP contribution in [-0.2, 0) is 0 Å². The average Bonchev–Trinajstić information content (AvgIpc) is 2.61. The van der Waals surface area contributed by atoms with Gasteiger partial charge in [-0.2, -0.15) is 0 Å². The fraction of sp³-hybridized carbons (Fsp3) is 0.261. The molecule has 0 aliphatic rings. The van der Waals surface area contributed by atoms with Crippen LogP contribution in [0.2, 0.25) is 0 Å². The third-order valence-electron chi connectivity index (χ3n) is 4.29. The Morgan fingerprint density at radius 3 is 2.65 bits per heavy atom. The molecule has 0 aromatic heterocycles. The van der Waals surface area contributed by atoms with Crippen molar-refractivity contribution in [3.05, 3.63) is 72.1 Å². The molecular formula is C23H25FN2. The molecule has 0 spiro atoms. The molecule has 0 aliphatic carbocycles. The standard InChI is InChI=1S/C23H25FN2/c1-5-8-17-12-21(15-22(24)13-17)20-11-7-10-19(14-20)18(9-6-2)16-23(25)26(3)4/h6-7,10-15,18,25H,2,9,16H2,1,3-4H3. The van der Waals surface area contributed by atoms with Crippen molar-refractivity contribution < 1.29 is 4.39 Å². The smallest absolute Gasteiger partial charge is 0.125 e. The van der Waals surface area contributed by atoms with Crippen LogP contribution in [0.1, 0.15) is 36.8 Å². The number of rotatable bonds is 6. The molecule has 0 saturated carbocycles. The third-order valence-corrected chi connectivity index (χ3v) is 4.29. The number of halogens is 1. The van der Waals surface area contributed by atoms with Crippen LogP contribution in [-0.4, -0.2) is 24.8 Å². The summed E-state index contributed by atoms with van der Waals surface area (Å²) in [6.07, 6.45) is 3.31. The van der Waals surface area contributed by atoms with Crippen molar-refractivity contribution in [3.63, 3.8) is 0 Å². The van der Waals surface area contributed by atoms with Gasteiger partial charge in [0.25, 0.3) is 0 Å². The van der Waals surface area contributed by atoms with Gasteiger partial charge in [0.1, 0.15) is 5.82 Å². The molecule has 1 N–H and O–H groups in total. The van der Waals surface area contributed by atoms with Crippen LogP contribution in [0.4, 0.5) is 4.39 Å². The van der Waals surface area contributed by atoms with Gasteiger partial charge in [0.15, 0.2) is 0 Å². The molecular weight excluding hydrogens is 323 g/mol. The Labute approximate surface area is 155 Å². The molecule has 2 aromatic rings. The second kappa shape index (κ2) is 9.01. The highest BCUT2D eigenvalue weighted by molar-refractivity contribution is 5.79. The molecule has 134 valence electrons. The molecule has 0 saturated heterocycles. The Hall–Kier alpha value is -2.86. The Bertz CT molecular complexity index is 856. The Morgan fingerprint density at radius 2 is 2.00 bits per heavy atom. The number of nitrogens with zero attached hydrogens (tertiary/aromatic N) is 1. The zero-order valence-electron chi connectivity index (χ0n) is 15.6. The van der Waals surface area contributed by atoms with E-state index in [1.807, 2.05) is 43.3 Å². The summed E-state index contributed by atoms with van der Waals surface area (Å²) < 4.78 is 14.0. The van der Waals surface area contributed by atoms with Crippen molar-refractivity contribution >= 4 is 5.84 Å². The van der Waals surface area contributed by atoms with Crippen LogP contribution in [0.3, 0.4) is 0 Å². The van der Waals surface area contributed by atoms with Crippen LogP contribution in [0.25, 0.3) is 11.1 Å². The zero-order chi connectivity index (χ0) is 19.1. The lowest BCUT2D eigenvalue weighted by Gasteiger charge is -2.21. The summed E-state index contributed by atoms with van der Waals surface area (Å²) in [6, 6.07) is 13.0. The predicted molar refractivity (Wildman–Crippen MR) is 108 cm³/mol. The summed E-state index contributed by atoms with van der Waals surface area (Å²) in [5.74, 6) is 6.19. The average molecular weight is 348 g/mol. The molecule has 0 bridgehead atoms. The van der Waals surface area contributed by atoms with E-state index in [9.17, 15) is 4.39 Å². The summed E-state index contributed by atoms with van der Waals surface area (Å²) in [6.45, 7) is 5.59. The first kappa shape index (κ1) is 19.5. The summed E-state index contributed by atoms with van der Waals surface area (Å²) in [7, 11) is 3.76. The number of hydrogen-bond donors (Lipinski definition) is 1. The minimum absolute atomic E-state index is 0.172. The highest BCUT2D eigenvalue weighted by Crippen LogP contribution is 2.29. The highest BCUT2D eigenvalue weighted by Gasteiger charge is 2.15. The van der Waals surface area contributed by atoms with Crippen LogP contribution in [0, 0.1) is 23.1 Å². The molecule has 2 nitrogen and oxygen atoms in total. The summed E-state index contributed by atoms with van der Waals surface area (Å²) >= 11 is 0. The highest BCUT2D eigenvalue weighted by atomic mass is 19.1. The van der Waals surface area contributed by atoms with Gasteiger partial charge in [-0.1, -0.05) is 36.3 Å². The maximum atomic E-state index is 14.0. The lowest BCUT2D eigenvalue weighted by Crippen LogP contribution is -2.23. The quantitative estimate of drug-likeness (QED) is 0.319. The van der Waals surface area contributed by atoms with Crippen molar-refractivity contribution in [1.82, 2.24) is 4.90 Å². The van der Waals surface area contributed by atoms with Gasteiger partial charge in [-0.25, -0.2) is 4.39 Å². The molecule has 0 heterocycles. The van der Waals surface area contributed by atoms with Gasteiger partial charge in [-0.05, 0) is 54.2 Å². The SMILES string of the molecule is C=CCC(CC(=N)N(C)C)c1cccc(-c2cc(F)cc(C#CC)c2)c1. The van der Waals surface area contributed by atoms with Crippen LogP contribution >= 0.6 is 0 Å². The minimum Gasteiger partial charge on any atom is -0.367 e. The zero-order valence-corrected chi connectivity index (χ0v) is 15.6. The summed E-state index contributed by atoms with van der Waals surface area (Å²) in [5, 5.41) is 8.15. The predicted octanol–water partition coefficient (Wildman–Crippen LogP) is 5.45. The first-order valence-electron chi connectivity index (χ1n) is 8.64. The van der Waals surface area contributed by atoms with E-state index < -0.39 is 0 Å². The molecule has 0 aliphatic heterocycles. The normalized spacial score (nSPS) is 11.2. The van der Waals surface area contributed by atoms with E-state index in [4.69, 9.17) is 5.41 Å². The van der Waals surface area contributed by atoms with Crippen molar-refractivity contribution in [3.8, 4) is 23.0 Å². The monoisotopic (exact) mass is 348 g/mol. The lowest BCUT2D eigenvalue weighted by molar-refractivity contribution is 0.574. The van der Waals surface area contributed by atoms with E-state index in [0.717, 1.165) is 23.1 Å². The van der Waals surface area contributed by atoms with Gasteiger partial charge < -0.3 is 4.90 Å². The number of benzene rings is 2. The van der Waals surface area contributed by atoms with Gasteiger partial charge in [0, 0.05) is 26.1 Å². The van der Waals surface area contributed by atoms with Gasteiger partial charge in [-0.15, -0.1) is 12.5 Å². The molecule has 2 aromatic carbocycles. The Morgan fingerprint density at radius 1 is 1.23 bits per heavy atom. The first-order valence-corrected chi connectivity index (χ1v) is 8.64. The number of nitrogens with one attached hydrogen (secondary N) is 1. The Kier molecular flexibility index (Phi) is 6.74. The summed E-state index contributed by atoms with van der Waals surface area (Å²) in [4.78, 5) is 1.82. The summed E-state index contributed by atoms with van der Waals surface area (Å²) in [5.41, 5.74) is 3.56. The molecule has 3 heteroatoms. The van der Waals surface area contributed by atoms with E-state index in [-0.39, 0.29) is 11.7 Å².